The first-order chi connectivity index (χ1) is 18.9. The van der Waals surface area contributed by atoms with Crippen LogP contribution in [0.2, 0.25) is 0 Å². The maximum atomic E-state index is 13.1. The number of nitrogens with zero attached hydrogens (tertiary/aromatic N) is 4. The van der Waals surface area contributed by atoms with Crippen molar-refractivity contribution in [3.8, 4) is 0 Å². The smallest absolute Gasteiger partial charge is 0.410 e. The van der Waals surface area contributed by atoms with Gasteiger partial charge >= 0.3 is 6.09 Å². The van der Waals surface area contributed by atoms with Gasteiger partial charge in [-0.3, -0.25) is 9.59 Å². The number of amides is 3. The molecule has 2 aromatic heterocycles. The number of likely N-dealkylation sites (N-methyl/N-ethyl adjacent to an activating group) is 1. The molecule has 0 saturated carbocycles. The van der Waals surface area contributed by atoms with E-state index in [9.17, 15) is 14.4 Å². The third-order valence-corrected chi connectivity index (χ3v) is 7.85. The first kappa shape index (κ1) is 27.4. The standard InChI is InChI=1S/C31H37N5O4/c1-30(2,3)40-29(39)36-14-12-31(13-15-36)18-23-16-21(19-32-27(23)33-28(31)38)10-11-26(37)34(4)20-24-17-22-8-6-7-9-25(22)35(24)5/h6-11,16-17,19H,12-15,18,20H2,1-5H3,(H,32,33,38). The van der Waals surface area contributed by atoms with E-state index in [0.29, 0.717) is 44.7 Å². The molecule has 210 valence electrons. The Bertz CT molecular complexity index is 1490. The van der Waals surface area contributed by atoms with Crippen LogP contribution >= 0.6 is 0 Å². The first-order valence-corrected chi connectivity index (χ1v) is 13.7. The normalized spacial score (nSPS) is 16.7. The molecule has 2 aliphatic heterocycles. The molecule has 3 aromatic rings. The van der Waals surface area contributed by atoms with Crippen LogP contribution in [0.1, 0.15) is 50.4 Å². The van der Waals surface area contributed by atoms with E-state index < -0.39 is 11.0 Å². The largest absolute Gasteiger partial charge is 0.444 e. The van der Waals surface area contributed by atoms with E-state index >= 15 is 0 Å². The van der Waals surface area contributed by atoms with Crippen LogP contribution in [0.5, 0.6) is 0 Å². The number of carbonyl (C=O) groups excluding carboxylic acids is 3. The second-order valence-electron chi connectivity index (χ2n) is 11.9. The fourth-order valence-electron chi connectivity index (χ4n) is 5.51. The van der Waals surface area contributed by atoms with Gasteiger partial charge in [-0.1, -0.05) is 18.2 Å². The number of aryl methyl sites for hydroxylation is 1. The average molecular weight is 544 g/mol. The van der Waals surface area contributed by atoms with Gasteiger partial charge in [0.15, 0.2) is 0 Å². The molecule has 3 amide bonds. The van der Waals surface area contributed by atoms with Crippen LogP contribution in [0.3, 0.4) is 0 Å². The number of piperidine rings is 1. The van der Waals surface area contributed by atoms with Crippen molar-refractivity contribution in [1.29, 1.82) is 0 Å². The summed E-state index contributed by atoms with van der Waals surface area (Å²) in [6.45, 7) is 6.95. The zero-order valence-electron chi connectivity index (χ0n) is 23.9. The van der Waals surface area contributed by atoms with Gasteiger partial charge < -0.3 is 24.4 Å². The summed E-state index contributed by atoms with van der Waals surface area (Å²) in [6, 6.07) is 12.3. The van der Waals surface area contributed by atoms with Gasteiger partial charge in [0.2, 0.25) is 11.8 Å². The Kier molecular flexibility index (Phi) is 7.16. The van der Waals surface area contributed by atoms with Crippen molar-refractivity contribution in [1.82, 2.24) is 19.4 Å². The number of hydrogen-bond acceptors (Lipinski definition) is 5. The molecule has 40 heavy (non-hydrogen) atoms. The Morgan fingerprint density at radius 3 is 2.60 bits per heavy atom. The van der Waals surface area contributed by atoms with E-state index in [1.807, 2.05) is 46.0 Å². The summed E-state index contributed by atoms with van der Waals surface area (Å²) < 4.78 is 7.61. The number of pyridine rings is 1. The van der Waals surface area contributed by atoms with Crippen LogP contribution in [-0.2, 0) is 34.3 Å². The molecule has 0 aliphatic carbocycles. The molecule has 0 bridgehead atoms. The minimum absolute atomic E-state index is 0.0511. The SMILES string of the molecule is CN(Cc1cc2ccccc2n1C)C(=O)C=Cc1cnc2c(c1)CC1(CCN(C(=O)OC(C)(C)C)CC1)C(=O)N2. The lowest BCUT2D eigenvalue weighted by Gasteiger charge is -2.43. The third-order valence-electron chi connectivity index (χ3n) is 7.85. The summed E-state index contributed by atoms with van der Waals surface area (Å²) in [7, 11) is 3.80. The highest BCUT2D eigenvalue weighted by Gasteiger charge is 2.46. The predicted octanol–water partition coefficient (Wildman–Crippen LogP) is 4.76. The third kappa shape index (κ3) is 5.59. The lowest BCUT2D eigenvalue weighted by atomic mass is 9.71. The summed E-state index contributed by atoms with van der Waals surface area (Å²) in [6.07, 6.45) is 6.28. The highest BCUT2D eigenvalue weighted by Crippen LogP contribution is 2.41. The number of fused-ring (bicyclic) bond motifs is 2. The van der Waals surface area contributed by atoms with Crippen LogP contribution < -0.4 is 5.32 Å². The van der Waals surface area contributed by atoms with Crippen LogP contribution in [0.25, 0.3) is 17.0 Å². The molecule has 1 saturated heterocycles. The second kappa shape index (κ2) is 10.4. The molecular weight excluding hydrogens is 506 g/mol. The second-order valence-corrected chi connectivity index (χ2v) is 11.9. The monoisotopic (exact) mass is 543 g/mol. The summed E-state index contributed by atoms with van der Waals surface area (Å²) in [5, 5.41) is 4.12. The quantitative estimate of drug-likeness (QED) is 0.479. The Balaban J connectivity index is 1.24. The van der Waals surface area contributed by atoms with Gasteiger partial charge in [0.25, 0.3) is 0 Å². The lowest BCUT2D eigenvalue weighted by Crippen LogP contribution is -2.51. The molecule has 2 aliphatic rings. The Hall–Kier alpha value is -4.14. The summed E-state index contributed by atoms with van der Waals surface area (Å²) in [4.78, 5) is 46.3. The predicted molar refractivity (Wildman–Crippen MR) is 154 cm³/mol. The van der Waals surface area contributed by atoms with E-state index in [1.165, 1.54) is 0 Å². The van der Waals surface area contributed by atoms with Gasteiger partial charge in [0, 0.05) is 50.7 Å². The number of likely N-dealkylation sites (tertiary alicyclic amines) is 1. The van der Waals surface area contributed by atoms with E-state index in [4.69, 9.17) is 4.74 Å². The molecule has 1 spiro atoms. The maximum absolute atomic E-state index is 13.1. The fraction of sp³-hybridized carbons (Fsp3) is 0.419. The number of benzene rings is 1. The number of anilines is 1. The van der Waals surface area contributed by atoms with Gasteiger partial charge in [-0.25, -0.2) is 9.78 Å². The minimum Gasteiger partial charge on any atom is -0.444 e. The van der Waals surface area contributed by atoms with Gasteiger partial charge in [-0.15, -0.1) is 0 Å². The van der Waals surface area contributed by atoms with Crippen LogP contribution in [-0.4, -0.2) is 63.0 Å². The zero-order valence-corrected chi connectivity index (χ0v) is 23.9. The number of nitrogens with one attached hydrogen (secondary N) is 1. The fourth-order valence-corrected chi connectivity index (χ4v) is 5.51. The molecule has 1 N–H and O–H groups in total. The minimum atomic E-state index is -0.593. The van der Waals surface area contributed by atoms with Crippen molar-refractivity contribution in [2.24, 2.45) is 12.5 Å². The van der Waals surface area contributed by atoms with Crippen molar-refractivity contribution < 1.29 is 19.1 Å². The molecule has 0 radical (unpaired) electrons. The van der Waals surface area contributed by atoms with Crippen LogP contribution in [0.15, 0.2) is 48.7 Å². The Morgan fingerprint density at radius 2 is 1.90 bits per heavy atom. The molecule has 9 heteroatoms. The van der Waals surface area contributed by atoms with Gasteiger partial charge in [0.1, 0.15) is 11.4 Å². The number of aromatic nitrogens is 2. The van der Waals surface area contributed by atoms with Crippen molar-refractivity contribution >= 4 is 40.7 Å². The molecule has 0 unspecified atom stereocenters. The first-order valence-electron chi connectivity index (χ1n) is 13.7. The summed E-state index contributed by atoms with van der Waals surface area (Å²) >= 11 is 0. The van der Waals surface area contributed by atoms with Crippen molar-refractivity contribution in [3.63, 3.8) is 0 Å². The van der Waals surface area contributed by atoms with Crippen LogP contribution in [0, 0.1) is 5.41 Å². The molecule has 5 rings (SSSR count). The molecule has 9 nitrogen and oxygen atoms in total. The van der Waals surface area contributed by atoms with Gasteiger partial charge in [0.05, 0.1) is 12.0 Å². The van der Waals surface area contributed by atoms with E-state index in [1.54, 1.807) is 35.2 Å². The average Bonchev–Trinajstić information content (AvgIpc) is 3.22. The van der Waals surface area contributed by atoms with E-state index in [2.05, 4.69) is 33.1 Å². The number of para-hydroxylation sites is 1. The molecule has 1 aromatic carbocycles. The Labute approximate surface area is 234 Å². The summed E-state index contributed by atoms with van der Waals surface area (Å²) in [5.74, 6) is 0.397. The zero-order chi connectivity index (χ0) is 28.7. The van der Waals surface area contributed by atoms with Crippen molar-refractivity contribution in [2.75, 3.05) is 25.5 Å². The molecule has 1 fully saturated rings. The molecular formula is C31H37N5O4. The highest BCUT2D eigenvalue weighted by molar-refractivity contribution is 5.98. The van der Waals surface area contributed by atoms with Gasteiger partial charge in [-0.2, -0.15) is 0 Å². The van der Waals surface area contributed by atoms with Crippen molar-refractivity contribution in [3.05, 3.63) is 65.5 Å². The Morgan fingerprint density at radius 1 is 1.18 bits per heavy atom. The number of ether oxygens (including phenoxy) is 1. The van der Waals surface area contributed by atoms with E-state index in [0.717, 1.165) is 27.7 Å². The maximum Gasteiger partial charge on any atom is 0.410 e. The summed E-state index contributed by atoms with van der Waals surface area (Å²) in [5.41, 5.74) is 2.76. The molecule has 0 atom stereocenters. The number of carbonyl (C=O) groups is 3. The van der Waals surface area contributed by atoms with Gasteiger partial charge in [-0.05, 0) is 80.8 Å². The van der Waals surface area contributed by atoms with Crippen molar-refractivity contribution in [2.45, 2.75) is 52.2 Å². The number of hydrogen-bond donors (Lipinski definition) is 1. The topological polar surface area (TPSA) is 96.8 Å². The number of rotatable bonds is 4. The molecule has 4 heterocycles. The van der Waals surface area contributed by atoms with Crippen LogP contribution in [0.4, 0.5) is 10.6 Å². The van der Waals surface area contributed by atoms with E-state index in [-0.39, 0.29) is 17.9 Å². The lowest BCUT2D eigenvalue weighted by molar-refractivity contribution is -0.129. The highest BCUT2D eigenvalue weighted by atomic mass is 16.6.